The molecule has 0 aliphatic carbocycles. The number of hydrogen-bond acceptors (Lipinski definition) is 7. The van der Waals surface area contributed by atoms with Gasteiger partial charge in [-0.1, -0.05) is 26.2 Å². The zero-order valence-electron chi connectivity index (χ0n) is 18.7. The summed E-state index contributed by atoms with van der Waals surface area (Å²) in [4.78, 5) is 36.7. The Labute approximate surface area is 198 Å². The highest BCUT2D eigenvalue weighted by molar-refractivity contribution is 8.00. The molecule has 8 nitrogen and oxygen atoms in total. The van der Waals surface area contributed by atoms with E-state index in [1.807, 2.05) is 0 Å². The monoisotopic (exact) mass is 513 g/mol. The fourth-order valence-electron chi connectivity index (χ4n) is 5.17. The number of ether oxygens (including phenoxy) is 1. The number of carbonyl (C=O) groups excluding carboxylic acids is 2. The average Bonchev–Trinajstić information content (AvgIpc) is 2.95. The lowest BCUT2D eigenvalue weighted by molar-refractivity contribution is -0.384. The second-order valence-corrected chi connectivity index (χ2v) is 21.6. The first-order valence-corrected chi connectivity index (χ1v) is 18.4. The van der Waals surface area contributed by atoms with Crippen LogP contribution in [0.25, 0.3) is 0 Å². The summed E-state index contributed by atoms with van der Waals surface area (Å²) in [7, 11) is -3.21. The maximum absolute atomic E-state index is 13.2. The molecule has 0 N–H and O–H groups in total. The Morgan fingerprint density at radius 1 is 1.25 bits per heavy atom. The van der Waals surface area contributed by atoms with Crippen molar-refractivity contribution in [3.63, 3.8) is 0 Å². The summed E-state index contributed by atoms with van der Waals surface area (Å²) in [5.41, 5.74) is 0.615. The number of carbonyl (C=O) groups is 2. The van der Waals surface area contributed by atoms with Crippen LogP contribution in [0, 0.1) is 10.1 Å². The number of nitro benzene ring substituents is 1. The van der Waals surface area contributed by atoms with Crippen LogP contribution in [-0.4, -0.2) is 71.0 Å². The van der Waals surface area contributed by atoms with Gasteiger partial charge in [0, 0.05) is 17.9 Å². The van der Waals surface area contributed by atoms with E-state index in [-0.39, 0.29) is 36.2 Å². The first kappa shape index (κ1) is 23.7. The van der Waals surface area contributed by atoms with Crippen LogP contribution in [0.3, 0.4) is 0 Å². The molecule has 2 unspecified atom stereocenters. The molecule has 1 amide bonds. The molecular formula is C20H28ClN3O5SSi2. The molecule has 174 valence electrons. The summed E-state index contributed by atoms with van der Waals surface area (Å²) < 4.78 is 8.05. The van der Waals surface area contributed by atoms with E-state index in [1.165, 1.54) is 24.2 Å². The molecule has 3 aliphatic rings. The largest absolute Gasteiger partial charge is 0.459 e. The molecule has 32 heavy (non-hydrogen) atoms. The Bertz CT molecular complexity index is 947. The number of benzene rings is 1. The van der Waals surface area contributed by atoms with Gasteiger partial charge in [0.2, 0.25) is 5.91 Å². The highest BCUT2D eigenvalue weighted by Gasteiger charge is 2.63. The smallest absolute Gasteiger partial charge is 0.330 e. The van der Waals surface area contributed by atoms with Crippen LogP contribution in [0.4, 0.5) is 5.69 Å². The Balaban J connectivity index is 1.39. The molecule has 1 aromatic rings. The number of fused-ring (bicyclic) bond motifs is 1. The molecule has 3 heterocycles. The molecule has 0 saturated carbocycles. The minimum atomic E-state index is -1.61. The summed E-state index contributed by atoms with van der Waals surface area (Å²) in [6.45, 7) is 9.57. The Kier molecular flexibility index (Phi) is 6.02. The number of esters is 1. The van der Waals surface area contributed by atoms with Crippen LogP contribution >= 0.6 is 23.4 Å². The van der Waals surface area contributed by atoms with Crippen molar-refractivity contribution in [2.75, 3.05) is 12.3 Å². The zero-order chi connectivity index (χ0) is 23.5. The van der Waals surface area contributed by atoms with Crippen molar-refractivity contribution in [1.29, 1.82) is 0 Å². The zero-order valence-corrected chi connectivity index (χ0v) is 22.2. The third kappa shape index (κ3) is 4.02. The Morgan fingerprint density at radius 3 is 2.41 bits per heavy atom. The lowest BCUT2D eigenvalue weighted by Crippen LogP contribution is -2.79. The second-order valence-electron chi connectivity index (χ2n) is 10.1. The minimum absolute atomic E-state index is 0.0232. The number of rotatable bonds is 5. The molecule has 12 heteroatoms. The summed E-state index contributed by atoms with van der Waals surface area (Å²) >= 11 is 8.24. The van der Waals surface area contributed by atoms with E-state index < -0.39 is 32.2 Å². The predicted octanol–water partition coefficient (Wildman–Crippen LogP) is 3.63. The molecule has 3 saturated heterocycles. The number of nitro groups is 1. The summed E-state index contributed by atoms with van der Waals surface area (Å²) in [6, 6.07) is 8.23. The number of thioether (sulfide) groups is 1. The maximum Gasteiger partial charge on any atom is 0.330 e. The molecule has 3 aliphatic heterocycles. The average molecular weight is 514 g/mol. The van der Waals surface area contributed by atoms with Crippen molar-refractivity contribution in [2.45, 2.75) is 61.2 Å². The fourth-order valence-corrected chi connectivity index (χ4v) is 21.8. The van der Waals surface area contributed by atoms with Crippen LogP contribution in [0.1, 0.15) is 5.56 Å². The highest BCUT2D eigenvalue weighted by atomic mass is 35.5. The summed E-state index contributed by atoms with van der Waals surface area (Å²) in [6.07, 6.45) is 0. The first-order valence-electron chi connectivity index (χ1n) is 10.7. The lowest BCUT2D eigenvalue weighted by atomic mass is 10.0. The standard InChI is InChI=1S/C20H28ClN3O5SSi2/c1-31(2)9-10-32(3,4)24(31)16-17(25)22-12-20(21,13-30-18(16)22)19(26)29-11-14-5-7-15(8-6-14)23(27)28/h5-8,16,18H,9-13H2,1-4H3/t16?,18-,20?/m1/s1. The van der Waals surface area contributed by atoms with E-state index in [1.54, 1.807) is 28.8 Å². The van der Waals surface area contributed by atoms with Crippen LogP contribution in [0.15, 0.2) is 24.3 Å². The van der Waals surface area contributed by atoms with Crippen molar-refractivity contribution < 1.29 is 19.2 Å². The molecule has 4 rings (SSSR count). The van der Waals surface area contributed by atoms with E-state index in [2.05, 4.69) is 30.4 Å². The molecule has 1 aromatic carbocycles. The number of nitrogens with zero attached hydrogens (tertiary/aromatic N) is 3. The maximum atomic E-state index is 13.2. The van der Waals surface area contributed by atoms with Crippen molar-refractivity contribution >= 4 is 57.4 Å². The lowest BCUT2D eigenvalue weighted by Gasteiger charge is -2.59. The quantitative estimate of drug-likeness (QED) is 0.148. The van der Waals surface area contributed by atoms with Crippen LogP contribution < -0.4 is 0 Å². The van der Waals surface area contributed by atoms with Gasteiger partial charge in [0.1, 0.15) is 34.5 Å². The van der Waals surface area contributed by atoms with Gasteiger partial charge in [-0.05, 0) is 29.8 Å². The summed E-state index contributed by atoms with van der Waals surface area (Å²) in [5.74, 6) is -0.0973. The van der Waals surface area contributed by atoms with E-state index in [0.29, 0.717) is 11.3 Å². The Morgan fingerprint density at radius 2 is 1.84 bits per heavy atom. The third-order valence-corrected chi connectivity index (χ3v) is 19.2. The fraction of sp³-hybridized carbons (Fsp3) is 0.600. The molecular weight excluding hydrogens is 486 g/mol. The van der Waals surface area contributed by atoms with Gasteiger partial charge in [-0.2, -0.15) is 0 Å². The van der Waals surface area contributed by atoms with Gasteiger partial charge in [0.25, 0.3) is 5.69 Å². The predicted molar refractivity (Wildman–Crippen MR) is 130 cm³/mol. The SMILES string of the molecule is C[Si]1(C)CC[Si](C)(C)N1C1C(=O)N2CC(Cl)(C(=O)OCc3ccc([N+](=O)[O-])cc3)CS[C@H]12. The van der Waals surface area contributed by atoms with Gasteiger partial charge in [0.15, 0.2) is 4.87 Å². The van der Waals surface area contributed by atoms with Crippen molar-refractivity contribution in [3.8, 4) is 0 Å². The molecule has 0 spiro atoms. The van der Waals surface area contributed by atoms with E-state index in [0.717, 1.165) is 0 Å². The van der Waals surface area contributed by atoms with Crippen molar-refractivity contribution in [2.24, 2.45) is 0 Å². The van der Waals surface area contributed by atoms with Crippen LogP contribution in [0.5, 0.6) is 0 Å². The third-order valence-electron chi connectivity index (χ3n) is 6.83. The van der Waals surface area contributed by atoms with Gasteiger partial charge >= 0.3 is 5.97 Å². The minimum Gasteiger partial charge on any atom is -0.459 e. The normalized spacial score (nSPS) is 31.0. The Hall–Kier alpha value is -1.41. The van der Waals surface area contributed by atoms with Gasteiger partial charge in [-0.25, -0.2) is 0 Å². The number of β-lactam (4-membered cyclic amide) rings is 1. The molecule has 3 fully saturated rings. The molecule has 3 atom stereocenters. The summed E-state index contributed by atoms with van der Waals surface area (Å²) in [5, 5.41) is 10.8. The molecule has 0 bridgehead atoms. The number of non-ortho nitro benzene ring substituents is 1. The molecule has 0 aromatic heterocycles. The molecule has 0 radical (unpaired) electrons. The number of alkyl halides is 1. The van der Waals surface area contributed by atoms with E-state index in [9.17, 15) is 19.7 Å². The number of amides is 1. The topological polar surface area (TPSA) is 93.0 Å². The second kappa shape index (κ2) is 8.12. The van der Waals surface area contributed by atoms with Crippen LogP contribution in [-0.2, 0) is 20.9 Å². The van der Waals surface area contributed by atoms with Gasteiger partial charge in [-0.3, -0.25) is 19.7 Å². The van der Waals surface area contributed by atoms with Gasteiger partial charge < -0.3 is 13.9 Å². The first-order chi connectivity index (χ1) is 14.9. The number of halogens is 1. The van der Waals surface area contributed by atoms with Crippen LogP contribution in [0.2, 0.25) is 38.3 Å². The van der Waals surface area contributed by atoms with E-state index in [4.69, 9.17) is 16.3 Å². The van der Waals surface area contributed by atoms with Gasteiger partial charge in [0.05, 0.1) is 11.5 Å². The van der Waals surface area contributed by atoms with E-state index >= 15 is 0 Å². The highest BCUT2D eigenvalue weighted by Crippen LogP contribution is 2.48. The number of hydrogen-bond donors (Lipinski definition) is 0. The van der Waals surface area contributed by atoms with Gasteiger partial charge in [-0.15, -0.1) is 23.4 Å². The van der Waals surface area contributed by atoms with Crippen molar-refractivity contribution in [1.82, 2.24) is 9.13 Å². The van der Waals surface area contributed by atoms with Crippen molar-refractivity contribution in [3.05, 3.63) is 39.9 Å².